The third kappa shape index (κ3) is 3.54. The van der Waals surface area contributed by atoms with E-state index < -0.39 is 10.0 Å². The van der Waals surface area contributed by atoms with Crippen LogP contribution in [0.4, 0.5) is 5.69 Å². The molecule has 8 heteroatoms. The summed E-state index contributed by atoms with van der Waals surface area (Å²) < 4.78 is 35.4. The summed E-state index contributed by atoms with van der Waals surface area (Å²) in [6.07, 6.45) is 1.10. The molecule has 1 heterocycles. The lowest BCUT2D eigenvalue weighted by Gasteiger charge is -2.03. The first kappa shape index (κ1) is 16.0. The second kappa shape index (κ2) is 6.32. The number of aromatic nitrogens is 2. The molecule has 0 unspecified atom stereocenters. The Balaban J connectivity index is 1.88. The Bertz CT molecular complexity index is 949. The molecule has 0 aliphatic carbocycles. The predicted octanol–water partition coefficient (Wildman–Crippen LogP) is 2.78. The van der Waals surface area contributed by atoms with Gasteiger partial charge in [0.1, 0.15) is 5.75 Å². The van der Waals surface area contributed by atoms with Gasteiger partial charge in [-0.25, -0.2) is 8.42 Å². The van der Waals surface area contributed by atoms with Gasteiger partial charge < -0.3 is 9.26 Å². The maximum Gasteiger partial charge on any atom is 0.258 e. The third-order valence-electron chi connectivity index (χ3n) is 3.21. The average molecular weight is 345 g/mol. The molecule has 0 atom stereocenters. The molecule has 0 aliphatic rings. The molecule has 1 N–H and O–H groups in total. The summed E-state index contributed by atoms with van der Waals surface area (Å²) in [7, 11) is -1.73. The second-order valence-electron chi connectivity index (χ2n) is 5.07. The molecule has 0 radical (unpaired) electrons. The van der Waals surface area contributed by atoms with E-state index in [1.54, 1.807) is 31.4 Å². The van der Waals surface area contributed by atoms with E-state index in [9.17, 15) is 8.42 Å². The summed E-state index contributed by atoms with van der Waals surface area (Å²) >= 11 is 0. The minimum atomic E-state index is -3.31. The van der Waals surface area contributed by atoms with Crippen molar-refractivity contribution in [1.82, 2.24) is 10.1 Å². The molecule has 24 heavy (non-hydrogen) atoms. The number of methoxy groups -OCH3 is 1. The summed E-state index contributed by atoms with van der Waals surface area (Å²) in [5, 5.41) is 3.98. The molecule has 2 aromatic carbocycles. The van der Waals surface area contributed by atoms with Crippen molar-refractivity contribution < 1.29 is 17.7 Å². The SMILES string of the molecule is COc1ccccc1-c1noc(-c2ccc(NS(C)(=O)=O)cc2)n1. The minimum absolute atomic E-state index is 0.335. The lowest BCUT2D eigenvalue weighted by molar-refractivity contribution is 0.413. The maximum atomic E-state index is 11.2. The molecule has 0 aliphatic heterocycles. The van der Waals surface area contributed by atoms with Gasteiger partial charge in [0.25, 0.3) is 5.89 Å². The van der Waals surface area contributed by atoms with Crippen molar-refractivity contribution >= 4 is 15.7 Å². The van der Waals surface area contributed by atoms with Crippen LogP contribution in [0.1, 0.15) is 0 Å². The molecular formula is C16H15N3O4S. The normalized spacial score (nSPS) is 11.2. The number of rotatable bonds is 5. The van der Waals surface area contributed by atoms with E-state index in [0.717, 1.165) is 11.8 Å². The predicted molar refractivity (Wildman–Crippen MR) is 90.2 cm³/mol. The van der Waals surface area contributed by atoms with E-state index in [1.165, 1.54) is 0 Å². The Hall–Kier alpha value is -2.87. The van der Waals surface area contributed by atoms with Crippen LogP contribution >= 0.6 is 0 Å². The van der Waals surface area contributed by atoms with Gasteiger partial charge in [0.15, 0.2) is 0 Å². The number of benzene rings is 2. The molecule has 0 bridgehead atoms. The highest BCUT2D eigenvalue weighted by molar-refractivity contribution is 7.92. The topological polar surface area (TPSA) is 94.3 Å². The van der Waals surface area contributed by atoms with Gasteiger partial charge in [0.05, 0.1) is 18.9 Å². The van der Waals surface area contributed by atoms with Gasteiger partial charge in [0.2, 0.25) is 15.8 Å². The fourth-order valence-corrected chi connectivity index (χ4v) is 2.74. The molecule has 3 aromatic rings. The van der Waals surface area contributed by atoms with Gasteiger partial charge in [-0.05, 0) is 36.4 Å². The van der Waals surface area contributed by atoms with Crippen molar-refractivity contribution in [2.24, 2.45) is 0 Å². The highest BCUT2D eigenvalue weighted by Crippen LogP contribution is 2.29. The van der Waals surface area contributed by atoms with Gasteiger partial charge in [0, 0.05) is 11.3 Å². The largest absolute Gasteiger partial charge is 0.496 e. The van der Waals surface area contributed by atoms with Crippen LogP contribution in [-0.4, -0.2) is 31.9 Å². The maximum absolute atomic E-state index is 11.2. The fraction of sp³-hybridized carbons (Fsp3) is 0.125. The van der Waals surface area contributed by atoms with E-state index in [4.69, 9.17) is 9.26 Å². The molecule has 1 aromatic heterocycles. The molecule has 124 valence electrons. The Morgan fingerprint density at radius 2 is 1.79 bits per heavy atom. The minimum Gasteiger partial charge on any atom is -0.496 e. The zero-order valence-electron chi connectivity index (χ0n) is 13.1. The summed E-state index contributed by atoms with van der Waals surface area (Å²) in [5.74, 6) is 1.40. The van der Waals surface area contributed by atoms with Gasteiger partial charge in [-0.2, -0.15) is 4.98 Å². The van der Waals surface area contributed by atoms with Crippen molar-refractivity contribution in [1.29, 1.82) is 0 Å². The summed E-state index contributed by atoms with van der Waals surface area (Å²) in [4.78, 5) is 4.37. The smallest absolute Gasteiger partial charge is 0.258 e. The number of nitrogens with zero attached hydrogens (tertiary/aromatic N) is 2. The number of anilines is 1. The average Bonchev–Trinajstić information content (AvgIpc) is 3.04. The van der Waals surface area contributed by atoms with Gasteiger partial charge >= 0.3 is 0 Å². The number of sulfonamides is 1. The van der Waals surface area contributed by atoms with E-state index in [0.29, 0.717) is 28.7 Å². The first-order valence-corrected chi connectivity index (χ1v) is 8.91. The van der Waals surface area contributed by atoms with E-state index >= 15 is 0 Å². The first-order chi connectivity index (χ1) is 11.5. The number of nitrogens with one attached hydrogen (secondary N) is 1. The van der Waals surface area contributed by atoms with Crippen LogP contribution in [0.15, 0.2) is 53.1 Å². The summed E-state index contributed by atoms with van der Waals surface area (Å²) in [6.45, 7) is 0. The zero-order valence-corrected chi connectivity index (χ0v) is 13.9. The molecule has 0 fully saturated rings. The van der Waals surface area contributed by atoms with Crippen molar-refractivity contribution in [3.05, 3.63) is 48.5 Å². The summed E-state index contributed by atoms with van der Waals surface area (Å²) in [6, 6.07) is 14.0. The van der Waals surface area contributed by atoms with Crippen LogP contribution in [0.2, 0.25) is 0 Å². The van der Waals surface area contributed by atoms with Crippen molar-refractivity contribution in [2.75, 3.05) is 18.1 Å². The molecule has 0 saturated carbocycles. The van der Waals surface area contributed by atoms with E-state index in [2.05, 4.69) is 14.9 Å². The monoisotopic (exact) mass is 345 g/mol. The van der Waals surface area contributed by atoms with Crippen LogP contribution in [-0.2, 0) is 10.0 Å². The molecule has 7 nitrogen and oxygen atoms in total. The molecule has 0 saturated heterocycles. The standard InChI is InChI=1S/C16H15N3O4S/c1-22-14-6-4-3-5-13(14)15-17-16(23-18-15)11-7-9-12(10-8-11)19-24(2,20)21/h3-10,19H,1-2H3. The second-order valence-corrected chi connectivity index (χ2v) is 6.82. The zero-order chi connectivity index (χ0) is 17.2. The van der Waals surface area contributed by atoms with E-state index in [1.807, 2.05) is 24.3 Å². The van der Waals surface area contributed by atoms with Crippen LogP contribution < -0.4 is 9.46 Å². The van der Waals surface area contributed by atoms with Crippen molar-refractivity contribution in [2.45, 2.75) is 0 Å². The Morgan fingerprint density at radius 3 is 2.46 bits per heavy atom. The quantitative estimate of drug-likeness (QED) is 0.764. The van der Waals surface area contributed by atoms with Crippen molar-refractivity contribution in [3.8, 4) is 28.6 Å². The molecule has 3 rings (SSSR count). The molecule has 0 spiro atoms. The third-order valence-corrected chi connectivity index (χ3v) is 3.82. The fourth-order valence-electron chi connectivity index (χ4n) is 2.17. The lowest BCUT2D eigenvalue weighted by atomic mass is 10.2. The van der Waals surface area contributed by atoms with Gasteiger partial charge in [-0.15, -0.1) is 0 Å². The van der Waals surface area contributed by atoms with Crippen LogP contribution in [0.3, 0.4) is 0 Å². The van der Waals surface area contributed by atoms with Crippen LogP contribution in [0.5, 0.6) is 5.75 Å². The Morgan fingerprint density at radius 1 is 1.08 bits per heavy atom. The molecule has 0 amide bonds. The first-order valence-electron chi connectivity index (χ1n) is 7.01. The van der Waals surface area contributed by atoms with Gasteiger partial charge in [-0.3, -0.25) is 4.72 Å². The van der Waals surface area contributed by atoms with Crippen LogP contribution in [0.25, 0.3) is 22.8 Å². The van der Waals surface area contributed by atoms with Crippen molar-refractivity contribution in [3.63, 3.8) is 0 Å². The highest BCUT2D eigenvalue weighted by Gasteiger charge is 2.14. The van der Waals surface area contributed by atoms with E-state index in [-0.39, 0.29) is 0 Å². The Kier molecular flexibility index (Phi) is 4.22. The highest BCUT2D eigenvalue weighted by atomic mass is 32.2. The van der Waals surface area contributed by atoms with Gasteiger partial charge in [-0.1, -0.05) is 17.3 Å². The lowest BCUT2D eigenvalue weighted by Crippen LogP contribution is -2.09. The number of ether oxygens (including phenoxy) is 1. The number of hydrogen-bond acceptors (Lipinski definition) is 6. The molecular weight excluding hydrogens is 330 g/mol. The number of para-hydroxylation sites is 1. The Labute approximate surface area is 139 Å². The summed E-state index contributed by atoms with van der Waals surface area (Å²) in [5.41, 5.74) is 1.87. The number of hydrogen-bond donors (Lipinski definition) is 1. The van der Waals surface area contributed by atoms with Crippen LogP contribution in [0, 0.1) is 0 Å².